The van der Waals surface area contributed by atoms with Gasteiger partial charge in [0.25, 0.3) is 0 Å². The Morgan fingerprint density at radius 1 is 1.00 bits per heavy atom. The molecule has 0 heterocycles. The van der Waals surface area contributed by atoms with Gasteiger partial charge in [0.2, 0.25) is 0 Å². The van der Waals surface area contributed by atoms with Crippen LogP contribution in [0.15, 0.2) is 0 Å². The first-order valence-electron chi connectivity index (χ1n) is 6.39. The Kier molecular flexibility index (Phi) is 8.90. The quantitative estimate of drug-likeness (QED) is 0.593. The lowest BCUT2D eigenvalue weighted by Gasteiger charge is -2.27. The molecule has 2 N–H and O–H groups in total. The molecule has 0 aliphatic heterocycles. The molecular weight excluding hydrogens is 200 g/mol. The second-order valence-corrected chi connectivity index (χ2v) is 5.55. The van der Waals surface area contributed by atoms with E-state index in [-0.39, 0.29) is 0 Å². The molecule has 0 saturated carbocycles. The largest absolute Gasteiger partial charge is 0.383 e. The zero-order valence-electron chi connectivity index (χ0n) is 11.7. The standard InChI is InChI=1S/C13H30N2O/c1-12(13(2,3)4)6-7-14-8-9-15-10-11-16-5/h12,14-15H,6-11H2,1-5H3. The molecule has 0 aliphatic carbocycles. The second kappa shape index (κ2) is 8.97. The zero-order chi connectivity index (χ0) is 12.4. The van der Waals surface area contributed by atoms with Crippen LogP contribution in [-0.2, 0) is 4.74 Å². The van der Waals surface area contributed by atoms with Crippen LogP contribution in [0.1, 0.15) is 34.1 Å². The molecule has 1 unspecified atom stereocenters. The van der Waals surface area contributed by atoms with E-state index in [0.29, 0.717) is 5.41 Å². The first kappa shape index (κ1) is 15.9. The molecule has 0 aliphatic rings. The van der Waals surface area contributed by atoms with Crippen molar-refractivity contribution in [3.05, 3.63) is 0 Å². The van der Waals surface area contributed by atoms with Gasteiger partial charge >= 0.3 is 0 Å². The van der Waals surface area contributed by atoms with Crippen molar-refractivity contribution < 1.29 is 4.74 Å². The lowest BCUT2D eigenvalue weighted by atomic mass is 9.80. The van der Waals surface area contributed by atoms with Gasteiger partial charge in [-0.3, -0.25) is 0 Å². The van der Waals surface area contributed by atoms with Gasteiger partial charge in [-0.1, -0.05) is 27.7 Å². The lowest BCUT2D eigenvalue weighted by Crippen LogP contribution is -2.31. The van der Waals surface area contributed by atoms with Crippen LogP contribution in [0.4, 0.5) is 0 Å². The number of ether oxygens (including phenoxy) is 1. The monoisotopic (exact) mass is 230 g/mol. The van der Waals surface area contributed by atoms with Gasteiger partial charge in [0.05, 0.1) is 6.61 Å². The molecule has 3 nitrogen and oxygen atoms in total. The second-order valence-electron chi connectivity index (χ2n) is 5.55. The molecule has 0 spiro atoms. The van der Waals surface area contributed by atoms with Crippen LogP contribution >= 0.6 is 0 Å². The number of hydrogen-bond donors (Lipinski definition) is 2. The molecule has 1 atom stereocenters. The van der Waals surface area contributed by atoms with Gasteiger partial charge in [-0.15, -0.1) is 0 Å². The molecule has 0 aromatic heterocycles. The van der Waals surface area contributed by atoms with E-state index in [2.05, 4.69) is 38.3 Å². The van der Waals surface area contributed by atoms with Crippen molar-refractivity contribution >= 4 is 0 Å². The van der Waals surface area contributed by atoms with Crippen LogP contribution in [0.3, 0.4) is 0 Å². The van der Waals surface area contributed by atoms with Crippen molar-refractivity contribution in [2.45, 2.75) is 34.1 Å². The number of methoxy groups -OCH3 is 1. The Labute approximate surface area is 101 Å². The minimum atomic E-state index is 0.429. The Morgan fingerprint density at radius 2 is 1.56 bits per heavy atom. The average Bonchev–Trinajstić information content (AvgIpc) is 2.20. The van der Waals surface area contributed by atoms with E-state index in [0.717, 1.165) is 38.7 Å². The molecule has 98 valence electrons. The van der Waals surface area contributed by atoms with Gasteiger partial charge in [0, 0.05) is 26.7 Å². The van der Waals surface area contributed by atoms with Crippen molar-refractivity contribution in [2.75, 3.05) is 39.9 Å². The Hall–Kier alpha value is -0.120. The molecule has 16 heavy (non-hydrogen) atoms. The van der Waals surface area contributed by atoms with E-state index in [1.54, 1.807) is 7.11 Å². The van der Waals surface area contributed by atoms with Crippen molar-refractivity contribution in [3.8, 4) is 0 Å². The molecule has 0 rings (SSSR count). The number of nitrogens with one attached hydrogen (secondary N) is 2. The van der Waals surface area contributed by atoms with E-state index in [9.17, 15) is 0 Å². The van der Waals surface area contributed by atoms with E-state index < -0.39 is 0 Å². The van der Waals surface area contributed by atoms with Gasteiger partial charge in [0.15, 0.2) is 0 Å². The summed E-state index contributed by atoms with van der Waals surface area (Å²) in [5, 5.41) is 6.78. The summed E-state index contributed by atoms with van der Waals surface area (Å²) in [7, 11) is 1.73. The highest BCUT2D eigenvalue weighted by atomic mass is 16.5. The van der Waals surface area contributed by atoms with E-state index >= 15 is 0 Å². The maximum Gasteiger partial charge on any atom is 0.0587 e. The SMILES string of the molecule is COCCNCCNCCC(C)C(C)(C)C. The zero-order valence-corrected chi connectivity index (χ0v) is 11.7. The molecule has 0 radical (unpaired) electrons. The Bertz CT molecular complexity index is 155. The maximum atomic E-state index is 4.96. The summed E-state index contributed by atoms with van der Waals surface area (Å²) in [6.45, 7) is 14.2. The Balaban J connectivity index is 3.21. The van der Waals surface area contributed by atoms with Crippen molar-refractivity contribution in [3.63, 3.8) is 0 Å². The van der Waals surface area contributed by atoms with Crippen LogP contribution in [-0.4, -0.2) is 39.9 Å². The fraction of sp³-hybridized carbons (Fsp3) is 1.00. The molecule has 0 amide bonds. The summed E-state index contributed by atoms with van der Waals surface area (Å²) >= 11 is 0. The van der Waals surface area contributed by atoms with Crippen LogP contribution in [0.25, 0.3) is 0 Å². The van der Waals surface area contributed by atoms with Gasteiger partial charge < -0.3 is 15.4 Å². The topological polar surface area (TPSA) is 33.3 Å². The summed E-state index contributed by atoms with van der Waals surface area (Å²) in [4.78, 5) is 0. The predicted molar refractivity (Wildman–Crippen MR) is 70.9 cm³/mol. The third kappa shape index (κ3) is 9.13. The fourth-order valence-corrected chi connectivity index (χ4v) is 1.35. The number of hydrogen-bond acceptors (Lipinski definition) is 3. The molecular formula is C13H30N2O. The van der Waals surface area contributed by atoms with Gasteiger partial charge in [-0.25, -0.2) is 0 Å². The Morgan fingerprint density at radius 3 is 2.06 bits per heavy atom. The van der Waals surface area contributed by atoms with Crippen molar-refractivity contribution in [1.82, 2.24) is 10.6 Å². The average molecular weight is 230 g/mol. The molecule has 3 heteroatoms. The summed E-state index contributed by atoms with van der Waals surface area (Å²) in [6, 6.07) is 0. The van der Waals surface area contributed by atoms with Gasteiger partial charge in [-0.2, -0.15) is 0 Å². The van der Waals surface area contributed by atoms with Crippen LogP contribution < -0.4 is 10.6 Å². The van der Waals surface area contributed by atoms with Crippen LogP contribution in [0.2, 0.25) is 0 Å². The number of rotatable bonds is 9. The summed E-state index contributed by atoms with van der Waals surface area (Å²) < 4.78 is 4.96. The summed E-state index contributed by atoms with van der Waals surface area (Å²) in [5.41, 5.74) is 0.429. The lowest BCUT2D eigenvalue weighted by molar-refractivity contribution is 0.199. The summed E-state index contributed by atoms with van der Waals surface area (Å²) in [5.74, 6) is 0.765. The smallest absolute Gasteiger partial charge is 0.0587 e. The fourth-order valence-electron chi connectivity index (χ4n) is 1.35. The molecule has 0 bridgehead atoms. The van der Waals surface area contributed by atoms with E-state index in [1.807, 2.05) is 0 Å². The normalized spacial score (nSPS) is 14.1. The molecule has 0 aromatic rings. The van der Waals surface area contributed by atoms with Gasteiger partial charge in [0.1, 0.15) is 0 Å². The van der Waals surface area contributed by atoms with Crippen LogP contribution in [0.5, 0.6) is 0 Å². The first-order chi connectivity index (χ1) is 7.48. The first-order valence-corrected chi connectivity index (χ1v) is 6.39. The predicted octanol–water partition coefficient (Wildman–Crippen LogP) is 1.88. The highest BCUT2D eigenvalue weighted by molar-refractivity contribution is 4.70. The highest BCUT2D eigenvalue weighted by Crippen LogP contribution is 2.27. The summed E-state index contributed by atoms with van der Waals surface area (Å²) in [6.07, 6.45) is 1.25. The molecule has 0 saturated heterocycles. The third-order valence-electron chi connectivity index (χ3n) is 3.19. The van der Waals surface area contributed by atoms with Crippen molar-refractivity contribution in [2.24, 2.45) is 11.3 Å². The van der Waals surface area contributed by atoms with E-state index in [4.69, 9.17) is 4.74 Å². The molecule has 0 aromatic carbocycles. The van der Waals surface area contributed by atoms with Crippen molar-refractivity contribution in [1.29, 1.82) is 0 Å². The third-order valence-corrected chi connectivity index (χ3v) is 3.19. The maximum absolute atomic E-state index is 4.96. The van der Waals surface area contributed by atoms with Gasteiger partial charge in [-0.05, 0) is 24.3 Å². The minimum absolute atomic E-state index is 0.429. The minimum Gasteiger partial charge on any atom is -0.383 e. The molecule has 0 fully saturated rings. The van der Waals surface area contributed by atoms with Crippen LogP contribution in [0, 0.1) is 11.3 Å². The van der Waals surface area contributed by atoms with E-state index in [1.165, 1.54) is 6.42 Å². The highest BCUT2D eigenvalue weighted by Gasteiger charge is 2.18.